The minimum atomic E-state index is -4.64. The number of halogens is 3. The number of hydrogen-bond donors (Lipinski definition) is 0. The van der Waals surface area contributed by atoms with E-state index in [2.05, 4.69) is 0 Å². The Kier molecular flexibility index (Phi) is 5.59. The smallest absolute Gasteiger partial charge is 0.417 e. The third kappa shape index (κ3) is 4.44. The number of carbonyl (C=O) groups excluding carboxylic acids is 2. The van der Waals surface area contributed by atoms with E-state index in [1.165, 1.54) is 11.8 Å². The lowest BCUT2D eigenvalue weighted by Crippen LogP contribution is -2.42. The van der Waals surface area contributed by atoms with Crippen LogP contribution in [0.15, 0.2) is 34.6 Å². The van der Waals surface area contributed by atoms with E-state index in [4.69, 9.17) is 4.74 Å². The van der Waals surface area contributed by atoms with Crippen molar-refractivity contribution < 1.29 is 27.5 Å². The number of alkyl halides is 3. The average Bonchev–Trinajstić information content (AvgIpc) is 3.09. The molecule has 0 aliphatic carbocycles. The first-order valence-electron chi connectivity index (χ1n) is 8.46. The van der Waals surface area contributed by atoms with Gasteiger partial charge in [-0.3, -0.25) is 14.4 Å². The monoisotopic (exact) mass is 414 g/mol. The number of amides is 1. The highest BCUT2D eigenvalue weighted by Gasteiger charge is 2.31. The van der Waals surface area contributed by atoms with Gasteiger partial charge >= 0.3 is 12.1 Å². The fraction of sp³-hybridized carbons (Fsp3) is 0.389. The quantitative estimate of drug-likeness (QED) is 0.721. The third-order valence-corrected chi connectivity index (χ3v) is 5.41. The fourth-order valence-corrected chi connectivity index (χ4v) is 3.83. The topological polar surface area (TPSA) is 68.6 Å². The van der Waals surface area contributed by atoms with E-state index in [0.717, 1.165) is 18.1 Å². The molecular weight excluding hydrogens is 397 g/mol. The second kappa shape index (κ2) is 7.78. The second-order valence-corrected chi connectivity index (χ2v) is 7.39. The summed E-state index contributed by atoms with van der Waals surface area (Å²) >= 11 is 1.63. The molecule has 0 N–H and O–H groups in total. The van der Waals surface area contributed by atoms with Gasteiger partial charge in [0.1, 0.15) is 6.54 Å². The molecular formula is C18H17F3N2O4S. The Morgan fingerprint density at radius 3 is 2.75 bits per heavy atom. The number of rotatable bonds is 4. The molecule has 0 saturated heterocycles. The summed E-state index contributed by atoms with van der Waals surface area (Å²) in [5.41, 5.74) is -0.771. The zero-order valence-corrected chi connectivity index (χ0v) is 15.7. The number of hydrogen-bond acceptors (Lipinski definition) is 5. The van der Waals surface area contributed by atoms with Crippen LogP contribution in [0.5, 0.6) is 0 Å². The summed E-state index contributed by atoms with van der Waals surface area (Å²) in [6.45, 7) is 1.61. The van der Waals surface area contributed by atoms with Crippen LogP contribution in [0.4, 0.5) is 13.2 Å². The van der Waals surface area contributed by atoms with Crippen LogP contribution < -0.4 is 5.56 Å². The minimum Gasteiger partial charge on any atom is -0.451 e. The van der Waals surface area contributed by atoms with Crippen molar-refractivity contribution in [2.45, 2.75) is 38.7 Å². The maximum Gasteiger partial charge on any atom is 0.417 e. The van der Waals surface area contributed by atoms with E-state index in [9.17, 15) is 27.6 Å². The SMILES string of the molecule is CC(OC(=O)Cn1cc(C(F)(F)F)ccc1=O)C(=O)N1CCc2sccc2C1. The van der Waals surface area contributed by atoms with Crippen LogP contribution in [-0.2, 0) is 40.0 Å². The molecule has 2 aromatic rings. The molecule has 28 heavy (non-hydrogen) atoms. The Hall–Kier alpha value is -2.62. The summed E-state index contributed by atoms with van der Waals surface area (Å²) in [5.74, 6) is -1.35. The molecule has 3 rings (SSSR count). The number of pyridine rings is 1. The molecule has 6 nitrogen and oxygen atoms in total. The van der Waals surface area contributed by atoms with Gasteiger partial charge in [-0.2, -0.15) is 13.2 Å². The highest BCUT2D eigenvalue weighted by atomic mass is 32.1. The summed E-state index contributed by atoms with van der Waals surface area (Å²) in [4.78, 5) is 39.1. The third-order valence-electron chi connectivity index (χ3n) is 4.39. The molecule has 1 aliphatic heterocycles. The van der Waals surface area contributed by atoms with E-state index in [0.29, 0.717) is 29.9 Å². The molecule has 1 amide bonds. The highest BCUT2D eigenvalue weighted by Crippen LogP contribution is 2.28. The minimum absolute atomic E-state index is 0.387. The Morgan fingerprint density at radius 1 is 1.29 bits per heavy atom. The highest BCUT2D eigenvalue weighted by molar-refractivity contribution is 7.10. The molecule has 2 aromatic heterocycles. The largest absolute Gasteiger partial charge is 0.451 e. The Morgan fingerprint density at radius 2 is 2.04 bits per heavy atom. The molecule has 150 valence electrons. The van der Waals surface area contributed by atoms with Gasteiger partial charge in [0.15, 0.2) is 6.10 Å². The molecule has 0 spiro atoms. The van der Waals surface area contributed by atoms with Crippen LogP contribution in [-0.4, -0.2) is 34.0 Å². The first-order valence-corrected chi connectivity index (χ1v) is 9.34. The Labute approximate surface area is 162 Å². The maximum absolute atomic E-state index is 12.8. The number of esters is 1. The zero-order chi connectivity index (χ0) is 20.5. The lowest BCUT2D eigenvalue weighted by molar-refractivity contribution is -0.160. The number of ether oxygens (including phenoxy) is 1. The van der Waals surface area contributed by atoms with Crippen molar-refractivity contribution in [1.29, 1.82) is 0 Å². The number of fused-ring (bicyclic) bond motifs is 1. The molecule has 0 radical (unpaired) electrons. The van der Waals surface area contributed by atoms with Crippen LogP contribution in [0.3, 0.4) is 0 Å². The van der Waals surface area contributed by atoms with Gasteiger partial charge in [-0.25, -0.2) is 0 Å². The first kappa shape index (κ1) is 20.1. The molecule has 0 aromatic carbocycles. The van der Waals surface area contributed by atoms with Crippen molar-refractivity contribution in [2.24, 2.45) is 0 Å². The van der Waals surface area contributed by atoms with Crippen LogP contribution >= 0.6 is 11.3 Å². The van der Waals surface area contributed by atoms with Gasteiger partial charge in [-0.05, 0) is 36.4 Å². The predicted octanol–water partition coefficient (Wildman–Crippen LogP) is 2.45. The molecule has 1 unspecified atom stereocenters. The number of nitrogens with zero attached hydrogens (tertiary/aromatic N) is 2. The number of thiophene rings is 1. The molecule has 0 bridgehead atoms. The van der Waals surface area contributed by atoms with E-state index in [1.807, 2.05) is 11.4 Å². The van der Waals surface area contributed by atoms with Crippen LogP contribution in [0.2, 0.25) is 0 Å². The lowest BCUT2D eigenvalue weighted by Gasteiger charge is -2.29. The van der Waals surface area contributed by atoms with Crippen molar-refractivity contribution in [1.82, 2.24) is 9.47 Å². The van der Waals surface area contributed by atoms with Crippen LogP contribution in [0.1, 0.15) is 22.9 Å². The van der Waals surface area contributed by atoms with E-state index < -0.39 is 35.9 Å². The summed E-state index contributed by atoms with van der Waals surface area (Å²) in [6, 6.07) is 3.32. The first-order chi connectivity index (χ1) is 13.1. The van der Waals surface area contributed by atoms with Crippen LogP contribution in [0, 0.1) is 0 Å². The molecule has 1 aliphatic rings. The van der Waals surface area contributed by atoms with Crippen molar-refractivity contribution in [2.75, 3.05) is 6.54 Å². The summed E-state index contributed by atoms with van der Waals surface area (Å²) in [7, 11) is 0. The molecule has 3 heterocycles. The van der Waals surface area contributed by atoms with Gasteiger partial charge in [0.25, 0.3) is 11.5 Å². The summed E-state index contributed by atoms with van der Waals surface area (Å²) in [6.07, 6.45) is -4.47. The van der Waals surface area contributed by atoms with Crippen molar-refractivity contribution >= 4 is 23.2 Å². The fourth-order valence-electron chi connectivity index (χ4n) is 2.94. The van der Waals surface area contributed by atoms with Gasteiger partial charge < -0.3 is 14.2 Å². The van der Waals surface area contributed by atoms with Crippen molar-refractivity contribution in [3.05, 3.63) is 56.1 Å². The molecule has 1 atom stereocenters. The van der Waals surface area contributed by atoms with Crippen molar-refractivity contribution in [3.8, 4) is 0 Å². The van der Waals surface area contributed by atoms with Crippen molar-refractivity contribution in [3.63, 3.8) is 0 Å². The molecule has 0 saturated carbocycles. The van der Waals surface area contributed by atoms with E-state index in [1.54, 1.807) is 16.2 Å². The molecule has 10 heteroatoms. The molecule has 0 fully saturated rings. The Balaban J connectivity index is 1.62. The van der Waals surface area contributed by atoms with Gasteiger partial charge in [0.2, 0.25) is 0 Å². The lowest BCUT2D eigenvalue weighted by atomic mass is 10.1. The van der Waals surface area contributed by atoms with Gasteiger partial charge in [-0.15, -0.1) is 11.3 Å². The zero-order valence-electron chi connectivity index (χ0n) is 14.9. The average molecular weight is 414 g/mol. The Bertz CT molecular complexity index is 951. The number of carbonyl (C=O) groups is 2. The maximum atomic E-state index is 12.8. The second-order valence-electron chi connectivity index (χ2n) is 6.39. The van der Waals surface area contributed by atoms with Gasteiger partial charge in [0.05, 0.1) is 5.56 Å². The summed E-state index contributed by atoms with van der Waals surface area (Å²) < 4.78 is 43.9. The van der Waals surface area contributed by atoms with Gasteiger partial charge in [0, 0.05) is 30.2 Å². The number of aromatic nitrogens is 1. The predicted molar refractivity (Wildman–Crippen MR) is 94.7 cm³/mol. The normalized spacial score (nSPS) is 15.1. The van der Waals surface area contributed by atoms with Crippen LogP contribution in [0.25, 0.3) is 0 Å². The van der Waals surface area contributed by atoms with Gasteiger partial charge in [-0.1, -0.05) is 0 Å². The standard InChI is InChI=1S/C18H17F3N2O4S/c1-11(17(26)22-6-4-14-12(8-22)5-7-28-14)27-16(25)10-23-9-13(18(19,20)21)2-3-15(23)24/h2-3,5,7,9,11H,4,6,8,10H2,1H3. The summed E-state index contributed by atoms with van der Waals surface area (Å²) in [5, 5.41) is 1.95. The van der Waals surface area contributed by atoms with E-state index in [-0.39, 0.29) is 5.91 Å². The van der Waals surface area contributed by atoms with E-state index >= 15 is 0 Å².